The van der Waals surface area contributed by atoms with E-state index in [0.717, 1.165) is 17.3 Å². The number of halogens is 1. The molecule has 1 fully saturated rings. The number of benzene rings is 1. The maximum Gasteiger partial charge on any atom is 0.321 e. The number of nitrogens with zero attached hydrogens (tertiary/aromatic N) is 1. The molecule has 1 aromatic rings. The number of nitrogens with one attached hydrogen (secondary N) is 3. The van der Waals surface area contributed by atoms with Crippen molar-refractivity contribution in [2.75, 3.05) is 18.9 Å². The number of hydrogen-bond donors (Lipinski definition) is 3. The number of rotatable bonds is 6. The van der Waals surface area contributed by atoms with E-state index in [1.807, 2.05) is 18.2 Å². The molecule has 2 rings (SSSR count). The third-order valence-electron chi connectivity index (χ3n) is 3.73. The Bertz CT molecular complexity index is 634. The molecule has 0 aromatic heterocycles. The summed E-state index contributed by atoms with van der Waals surface area (Å²) in [6.45, 7) is 1.67. The number of carbonyl (C=O) groups excluding carboxylic acids is 3. The molecule has 0 saturated heterocycles. The minimum Gasteiger partial charge on any atom is -0.335 e. The zero-order chi connectivity index (χ0) is 17.7. The SMILES string of the molecule is C[C@@H](C(=O)NC(=O)NC1CC1)N(C)CC(=O)Nc1ccccc1Br. The Hall–Kier alpha value is -1.93. The Morgan fingerprint density at radius 1 is 1.29 bits per heavy atom. The minimum atomic E-state index is -0.611. The molecular formula is C16H21BrN4O3. The third-order valence-corrected chi connectivity index (χ3v) is 4.42. The summed E-state index contributed by atoms with van der Waals surface area (Å²) in [7, 11) is 1.66. The lowest BCUT2D eigenvalue weighted by Crippen LogP contribution is -2.50. The number of para-hydroxylation sites is 1. The van der Waals surface area contributed by atoms with Gasteiger partial charge in [0, 0.05) is 10.5 Å². The number of carbonyl (C=O) groups is 3. The minimum absolute atomic E-state index is 0.0279. The van der Waals surface area contributed by atoms with Gasteiger partial charge in [0.05, 0.1) is 18.3 Å². The van der Waals surface area contributed by atoms with Gasteiger partial charge in [0.2, 0.25) is 11.8 Å². The number of hydrogen-bond acceptors (Lipinski definition) is 4. The van der Waals surface area contributed by atoms with Crippen molar-refractivity contribution in [3.8, 4) is 0 Å². The highest BCUT2D eigenvalue weighted by atomic mass is 79.9. The first-order chi connectivity index (χ1) is 11.4. The van der Waals surface area contributed by atoms with Crippen LogP contribution < -0.4 is 16.0 Å². The molecule has 0 heterocycles. The summed E-state index contributed by atoms with van der Waals surface area (Å²) in [5.74, 6) is -0.684. The molecule has 0 unspecified atom stereocenters. The van der Waals surface area contributed by atoms with Gasteiger partial charge in [0.15, 0.2) is 0 Å². The largest absolute Gasteiger partial charge is 0.335 e. The average molecular weight is 397 g/mol. The molecule has 1 atom stereocenters. The van der Waals surface area contributed by atoms with E-state index in [1.54, 1.807) is 24.9 Å². The molecule has 4 amide bonds. The number of urea groups is 1. The van der Waals surface area contributed by atoms with E-state index in [-0.39, 0.29) is 18.5 Å². The van der Waals surface area contributed by atoms with E-state index in [9.17, 15) is 14.4 Å². The van der Waals surface area contributed by atoms with Crippen LogP contribution in [0.2, 0.25) is 0 Å². The lowest BCUT2D eigenvalue weighted by Gasteiger charge is -2.23. The summed E-state index contributed by atoms with van der Waals surface area (Å²) >= 11 is 3.36. The molecule has 1 aliphatic carbocycles. The van der Waals surface area contributed by atoms with E-state index in [2.05, 4.69) is 31.9 Å². The van der Waals surface area contributed by atoms with Crippen LogP contribution in [0.1, 0.15) is 19.8 Å². The van der Waals surface area contributed by atoms with Crippen molar-refractivity contribution in [1.82, 2.24) is 15.5 Å². The van der Waals surface area contributed by atoms with Gasteiger partial charge in [-0.2, -0.15) is 0 Å². The predicted molar refractivity (Wildman–Crippen MR) is 94.6 cm³/mol. The zero-order valence-electron chi connectivity index (χ0n) is 13.6. The molecule has 1 aromatic carbocycles. The van der Waals surface area contributed by atoms with Gasteiger partial charge in [-0.25, -0.2) is 4.79 Å². The second kappa shape index (κ2) is 8.25. The molecule has 8 heteroatoms. The molecule has 1 saturated carbocycles. The Labute approximate surface area is 149 Å². The van der Waals surface area contributed by atoms with Crippen LogP contribution in [0.4, 0.5) is 10.5 Å². The summed E-state index contributed by atoms with van der Waals surface area (Å²) in [5, 5.41) is 7.75. The number of imide groups is 1. The molecular weight excluding hydrogens is 376 g/mol. The topological polar surface area (TPSA) is 90.5 Å². The van der Waals surface area contributed by atoms with Crippen LogP contribution in [0, 0.1) is 0 Å². The lowest BCUT2D eigenvalue weighted by atomic mass is 10.2. The van der Waals surface area contributed by atoms with Crippen LogP contribution in [0.5, 0.6) is 0 Å². The molecule has 0 bridgehead atoms. The van der Waals surface area contributed by atoms with Gasteiger partial charge in [-0.05, 0) is 54.9 Å². The van der Waals surface area contributed by atoms with Crippen LogP contribution in [-0.4, -0.2) is 48.4 Å². The Kier molecular flexibility index (Phi) is 6.33. The molecule has 130 valence electrons. The summed E-state index contributed by atoms with van der Waals surface area (Å²) in [6, 6.07) is 6.36. The maximum absolute atomic E-state index is 12.1. The van der Waals surface area contributed by atoms with Crippen molar-refractivity contribution >= 4 is 39.5 Å². The number of likely N-dealkylation sites (N-methyl/N-ethyl adjacent to an activating group) is 1. The van der Waals surface area contributed by atoms with Gasteiger partial charge in [0.25, 0.3) is 0 Å². The molecule has 7 nitrogen and oxygen atoms in total. The average Bonchev–Trinajstić information content (AvgIpc) is 3.32. The fraction of sp³-hybridized carbons (Fsp3) is 0.438. The van der Waals surface area contributed by atoms with Crippen molar-refractivity contribution in [1.29, 1.82) is 0 Å². The van der Waals surface area contributed by atoms with Gasteiger partial charge in [-0.1, -0.05) is 12.1 Å². The predicted octanol–water partition coefficient (Wildman–Crippen LogP) is 1.70. The smallest absolute Gasteiger partial charge is 0.321 e. The van der Waals surface area contributed by atoms with E-state index in [1.165, 1.54) is 0 Å². The van der Waals surface area contributed by atoms with E-state index in [0.29, 0.717) is 5.69 Å². The number of anilines is 1. The Balaban J connectivity index is 1.80. The van der Waals surface area contributed by atoms with Crippen LogP contribution in [-0.2, 0) is 9.59 Å². The summed E-state index contributed by atoms with van der Waals surface area (Å²) in [5.41, 5.74) is 0.664. The molecule has 1 aliphatic rings. The molecule has 3 N–H and O–H groups in total. The summed E-state index contributed by atoms with van der Waals surface area (Å²) in [6.07, 6.45) is 1.90. The molecule has 24 heavy (non-hydrogen) atoms. The molecule has 0 radical (unpaired) electrons. The molecule has 0 aliphatic heterocycles. The lowest BCUT2D eigenvalue weighted by molar-refractivity contribution is -0.125. The van der Waals surface area contributed by atoms with Crippen LogP contribution in [0.3, 0.4) is 0 Å². The number of amides is 4. The second-order valence-electron chi connectivity index (χ2n) is 5.86. The van der Waals surface area contributed by atoms with Crippen molar-refractivity contribution in [3.63, 3.8) is 0 Å². The van der Waals surface area contributed by atoms with Crippen molar-refractivity contribution in [2.45, 2.75) is 31.8 Å². The second-order valence-corrected chi connectivity index (χ2v) is 6.71. The van der Waals surface area contributed by atoms with Gasteiger partial charge >= 0.3 is 6.03 Å². The first kappa shape index (κ1) is 18.4. The maximum atomic E-state index is 12.1. The summed E-state index contributed by atoms with van der Waals surface area (Å²) < 4.78 is 0.781. The highest BCUT2D eigenvalue weighted by Gasteiger charge is 2.26. The normalized spacial score (nSPS) is 14.8. The van der Waals surface area contributed by atoms with Gasteiger partial charge in [-0.15, -0.1) is 0 Å². The van der Waals surface area contributed by atoms with Crippen molar-refractivity contribution in [2.24, 2.45) is 0 Å². The Morgan fingerprint density at radius 3 is 2.58 bits per heavy atom. The third kappa shape index (κ3) is 5.61. The van der Waals surface area contributed by atoms with E-state index in [4.69, 9.17) is 0 Å². The van der Waals surface area contributed by atoms with Gasteiger partial charge in [-0.3, -0.25) is 19.8 Å². The van der Waals surface area contributed by atoms with Crippen LogP contribution >= 0.6 is 15.9 Å². The van der Waals surface area contributed by atoms with E-state index >= 15 is 0 Å². The summed E-state index contributed by atoms with van der Waals surface area (Å²) in [4.78, 5) is 37.3. The highest BCUT2D eigenvalue weighted by Crippen LogP contribution is 2.21. The molecule has 0 spiro atoms. The fourth-order valence-corrected chi connectivity index (χ4v) is 2.37. The van der Waals surface area contributed by atoms with E-state index < -0.39 is 18.0 Å². The fourth-order valence-electron chi connectivity index (χ4n) is 1.98. The van der Waals surface area contributed by atoms with Crippen molar-refractivity contribution < 1.29 is 14.4 Å². The highest BCUT2D eigenvalue weighted by molar-refractivity contribution is 9.10. The zero-order valence-corrected chi connectivity index (χ0v) is 15.2. The van der Waals surface area contributed by atoms with Crippen molar-refractivity contribution in [3.05, 3.63) is 28.7 Å². The first-order valence-electron chi connectivity index (χ1n) is 7.73. The first-order valence-corrected chi connectivity index (χ1v) is 8.52. The standard InChI is InChI=1S/C16H21BrN4O3/c1-10(15(23)20-16(24)18-11-7-8-11)21(2)9-14(22)19-13-6-4-3-5-12(13)17/h3-6,10-11H,7-9H2,1-2H3,(H,19,22)(H2,18,20,23,24)/t10-/m0/s1. The van der Waals surface area contributed by atoms with Crippen LogP contribution in [0.15, 0.2) is 28.7 Å². The van der Waals surface area contributed by atoms with Gasteiger partial charge in [0.1, 0.15) is 0 Å². The Morgan fingerprint density at radius 2 is 1.96 bits per heavy atom. The quantitative estimate of drug-likeness (QED) is 0.682. The van der Waals surface area contributed by atoms with Crippen LogP contribution in [0.25, 0.3) is 0 Å². The monoisotopic (exact) mass is 396 g/mol. The van der Waals surface area contributed by atoms with Gasteiger partial charge < -0.3 is 10.6 Å².